The van der Waals surface area contributed by atoms with Gasteiger partial charge >= 0.3 is 0 Å². The molecule has 0 atom stereocenters. The molecule has 1 aromatic carbocycles. The maximum absolute atomic E-state index is 13.5. The number of nitrogens with zero attached hydrogens (tertiary/aromatic N) is 1. The monoisotopic (exact) mass is 225 g/mol. The van der Waals surface area contributed by atoms with Crippen LogP contribution >= 0.6 is 0 Å². The highest BCUT2D eigenvalue weighted by atomic mass is 19.1. The van der Waals surface area contributed by atoms with E-state index in [2.05, 4.69) is 0 Å². The third kappa shape index (κ3) is 2.79. The first-order chi connectivity index (χ1) is 7.60. The molecule has 1 aromatic rings. The Morgan fingerprint density at radius 3 is 2.69 bits per heavy atom. The van der Waals surface area contributed by atoms with Crippen molar-refractivity contribution in [1.82, 2.24) is 4.90 Å². The standard InChI is InChI=1S/C12H16FNO2/c1-3-14(6-7-15)12(16)10-5-4-9(2)8-11(10)13/h4-5,8,15H,3,6-7H2,1-2H3. The summed E-state index contributed by atoms with van der Waals surface area (Å²) in [7, 11) is 0. The zero-order valence-electron chi connectivity index (χ0n) is 9.53. The van der Waals surface area contributed by atoms with Crippen LogP contribution in [0.5, 0.6) is 0 Å². The van der Waals surface area contributed by atoms with Crippen LogP contribution in [0.2, 0.25) is 0 Å². The Hall–Kier alpha value is -1.42. The molecular formula is C12H16FNO2. The Kier molecular flexibility index (Phi) is 4.43. The Balaban J connectivity index is 2.94. The molecule has 0 spiro atoms. The molecule has 0 aromatic heterocycles. The van der Waals surface area contributed by atoms with E-state index >= 15 is 0 Å². The summed E-state index contributed by atoms with van der Waals surface area (Å²) in [6.07, 6.45) is 0. The zero-order valence-corrected chi connectivity index (χ0v) is 9.53. The molecule has 0 saturated heterocycles. The van der Waals surface area contributed by atoms with Gasteiger partial charge in [-0.25, -0.2) is 4.39 Å². The van der Waals surface area contributed by atoms with Gasteiger partial charge in [-0.1, -0.05) is 6.07 Å². The molecule has 0 saturated carbocycles. The van der Waals surface area contributed by atoms with Crippen molar-refractivity contribution >= 4 is 5.91 Å². The SMILES string of the molecule is CCN(CCO)C(=O)c1ccc(C)cc1F. The number of aliphatic hydroxyl groups is 1. The smallest absolute Gasteiger partial charge is 0.256 e. The maximum Gasteiger partial charge on any atom is 0.256 e. The molecule has 0 aliphatic heterocycles. The number of aryl methyl sites for hydroxylation is 1. The Morgan fingerprint density at radius 2 is 2.19 bits per heavy atom. The second-order valence-corrected chi connectivity index (χ2v) is 3.59. The maximum atomic E-state index is 13.5. The highest BCUT2D eigenvalue weighted by molar-refractivity contribution is 5.94. The van der Waals surface area contributed by atoms with Gasteiger partial charge in [0.1, 0.15) is 5.82 Å². The lowest BCUT2D eigenvalue weighted by atomic mass is 10.1. The summed E-state index contributed by atoms with van der Waals surface area (Å²) >= 11 is 0. The first-order valence-electron chi connectivity index (χ1n) is 5.26. The molecule has 1 N–H and O–H groups in total. The fraction of sp³-hybridized carbons (Fsp3) is 0.417. The number of benzene rings is 1. The molecule has 0 unspecified atom stereocenters. The lowest BCUT2D eigenvalue weighted by molar-refractivity contribution is 0.0727. The van der Waals surface area contributed by atoms with Gasteiger partial charge in [0.05, 0.1) is 12.2 Å². The van der Waals surface area contributed by atoms with Crippen LogP contribution in [-0.4, -0.2) is 35.6 Å². The number of halogens is 1. The van der Waals surface area contributed by atoms with E-state index in [9.17, 15) is 9.18 Å². The summed E-state index contributed by atoms with van der Waals surface area (Å²) in [5.74, 6) is -0.893. The molecule has 4 heteroatoms. The van der Waals surface area contributed by atoms with Gasteiger partial charge < -0.3 is 10.0 Å². The average Bonchev–Trinajstić information content (AvgIpc) is 2.25. The van der Waals surface area contributed by atoms with E-state index in [1.165, 1.54) is 17.0 Å². The van der Waals surface area contributed by atoms with Gasteiger partial charge in [-0.05, 0) is 31.5 Å². The van der Waals surface area contributed by atoms with Crippen molar-refractivity contribution in [2.24, 2.45) is 0 Å². The summed E-state index contributed by atoms with van der Waals surface area (Å²) in [5, 5.41) is 8.79. The van der Waals surface area contributed by atoms with Crippen LogP contribution in [0.15, 0.2) is 18.2 Å². The third-order valence-corrected chi connectivity index (χ3v) is 2.39. The molecule has 0 radical (unpaired) electrons. The number of hydrogen-bond donors (Lipinski definition) is 1. The lowest BCUT2D eigenvalue weighted by Gasteiger charge is -2.19. The fourth-order valence-electron chi connectivity index (χ4n) is 1.49. The molecule has 1 rings (SSSR count). The topological polar surface area (TPSA) is 40.5 Å². The van der Waals surface area contributed by atoms with Crippen molar-refractivity contribution in [2.45, 2.75) is 13.8 Å². The Labute approximate surface area is 94.5 Å². The van der Waals surface area contributed by atoms with E-state index in [1.54, 1.807) is 19.9 Å². The van der Waals surface area contributed by atoms with Crippen LogP contribution < -0.4 is 0 Å². The molecule has 0 fully saturated rings. The van der Waals surface area contributed by atoms with E-state index in [-0.39, 0.29) is 24.6 Å². The minimum Gasteiger partial charge on any atom is -0.395 e. The van der Waals surface area contributed by atoms with E-state index in [0.717, 1.165) is 5.56 Å². The van der Waals surface area contributed by atoms with Crippen LogP contribution in [0.4, 0.5) is 4.39 Å². The molecule has 0 aliphatic rings. The normalized spacial score (nSPS) is 10.2. The molecule has 0 aliphatic carbocycles. The molecule has 3 nitrogen and oxygen atoms in total. The molecular weight excluding hydrogens is 209 g/mol. The Morgan fingerprint density at radius 1 is 1.50 bits per heavy atom. The minimum atomic E-state index is -0.513. The molecule has 16 heavy (non-hydrogen) atoms. The first-order valence-corrected chi connectivity index (χ1v) is 5.26. The number of hydrogen-bond acceptors (Lipinski definition) is 2. The van der Waals surface area contributed by atoms with Crippen LogP contribution in [-0.2, 0) is 0 Å². The van der Waals surface area contributed by atoms with E-state index in [0.29, 0.717) is 6.54 Å². The highest BCUT2D eigenvalue weighted by Gasteiger charge is 2.17. The highest BCUT2D eigenvalue weighted by Crippen LogP contribution is 2.12. The van der Waals surface area contributed by atoms with Gasteiger partial charge in [-0.2, -0.15) is 0 Å². The molecule has 0 heterocycles. The second kappa shape index (κ2) is 5.61. The molecule has 1 amide bonds. The zero-order chi connectivity index (χ0) is 12.1. The summed E-state index contributed by atoms with van der Waals surface area (Å²) < 4.78 is 13.5. The number of rotatable bonds is 4. The van der Waals surface area contributed by atoms with Gasteiger partial charge in [0, 0.05) is 13.1 Å². The average molecular weight is 225 g/mol. The van der Waals surface area contributed by atoms with Crippen molar-refractivity contribution in [3.05, 3.63) is 35.1 Å². The summed E-state index contributed by atoms with van der Waals surface area (Å²) in [5.41, 5.74) is 0.833. The van der Waals surface area contributed by atoms with Crippen molar-refractivity contribution in [2.75, 3.05) is 19.7 Å². The van der Waals surface area contributed by atoms with Crippen LogP contribution in [0, 0.1) is 12.7 Å². The molecule has 0 bridgehead atoms. The van der Waals surface area contributed by atoms with E-state index < -0.39 is 5.82 Å². The predicted molar refractivity (Wildman–Crippen MR) is 59.8 cm³/mol. The van der Waals surface area contributed by atoms with E-state index in [4.69, 9.17) is 5.11 Å². The van der Waals surface area contributed by atoms with Crippen LogP contribution in [0.25, 0.3) is 0 Å². The fourth-order valence-corrected chi connectivity index (χ4v) is 1.49. The van der Waals surface area contributed by atoms with Gasteiger partial charge in [0.25, 0.3) is 5.91 Å². The summed E-state index contributed by atoms with van der Waals surface area (Å²) in [4.78, 5) is 13.3. The minimum absolute atomic E-state index is 0.0564. The molecule has 88 valence electrons. The van der Waals surface area contributed by atoms with Crippen LogP contribution in [0.3, 0.4) is 0 Å². The Bertz CT molecular complexity index is 379. The van der Waals surface area contributed by atoms with Crippen molar-refractivity contribution in [3.8, 4) is 0 Å². The van der Waals surface area contributed by atoms with Gasteiger partial charge in [-0.15, -0.1) is 0 Å². The second-order valence-electron chi connectivity index (χ2n) is 3.59. The number of aliphatic hydroxyl groups excluding tert-OH is 1. The predicted octanol–water partition coefficient (Wildman–Crippen LogP) is 1.59. The summed E-state index contributed by atoms with van der Waals surface area (Å²) in [6, 6.07) is 4.51. The lowest BCUT2D eigenvalue weighted by Crippen LogP contribution is -2.33. The van der Waals surface area contributed by atoms with Gasteiger partial charge in [-0.3, -0.25) is 4.79 Å². The van der Waals surface area contributed by atoms with Gasteiger partial charge in [0.15, 0.2) is 0 Å². The number of likely N-dealkylation sites (N-methyl/N-ethyl adjacent to an activating group) is 1. The van der Waals surface area contributed by atoms with E-state index in [1.807, 2.05) is 0 Å². The third-order valence-electron chi connectivity index (χ3n) is 2.39. The summed E-state index contributed by atoms with van der Waals surface area (Å²) in [6.45, 7) is 4.12. The first kappa shape index (κ1) is 12.6. The van der Waals surface area contributed by atoms with Gasteiger partial charge in [0.2, 0.25) is 0 Å². The number of carbonyl (C=O) groups is 1. The van der Waals surface area contributed by atoms with Crippen molar-refractivity contribution in [3.63, 3.8) is 0 Å². The van der Waals surface area contributed by atoms with Crippen molar-refractivity contribution < 1.29 is 14.3 Å². The quantitative estimate of drug-likeness (QED) is 0.845. The number of carbonyl (C=O) groups excluding carboxylic acids is 1. The van der Waals surface area contributed by atoms with Crippen LogP contribution in [0.1, 0.15) is 22.8 Å². The largest absolute Gasteiger partial charge is 0.395 e. The number of amides is 1. The van der Waals surface area contributed by atoms with Crippen molar-refractivity contribution in [1.29, 1.82) is 0 Å².